The van der Waals surface area contributed by atoms with Crippen molar-refractivity contribution < 1.29 is 71.3 Å². The van der Waals surface area contributed by atoms with Crippen LogP contribution in [0.3, 0.4) is 0 Å². The van der Waals surface area contributed by atoms with Crippen molar-refractivity contribution >= 4 is 77.2 Å². The molecule has 8 saturated carbocycles. The Kier molecular flexibility index (Phi) is 27.8. The number of nitrogens with one attached hydrogen (secondary N) is 1. The maximum atomic E-state index is 13.1. The Labute approximate surface area is 747 Å². The second kappa shape index (κ2) is 38.2. The molecule has 11 aliphatic rings. The summed E-state index contributed by atoms with van der Waals surface area (Å²) in [6, 6.07) is 56.4. The lowest BCUT2D eigenvalue weighted by Gasteiger charge is -2.63. The van der Waals surface area contributed by atoms with Crippen LogP contribution in [0.2, 0.25) is 0 Å². The quantitative estimate of drug-likeness (QED) is 0.0303. The Morgan fingerprint density at radius 2 is 0.776 bits per heavy atom. The fraction of sp³-hybridized carbons (Fsp3) is 0.490. The molecule has 0 saturated heterocycles. The minimum atomic E-state index is -1.67. The zero-order chi connectivity index (χ0) is 88.3. The predicted molar refractivity (Wildman–Crippen MR) is 482 cm³/mol. The average Bonchev–Trinajstić information content (AvgIpc) is 1.62. The van der Waals surface area contributed by atoms with Gasteiger partial charge in [-0.2, -0.15) is 0 Å². The summed E-state index contributed by atoms with van der Waals surface area (Å²) in [6.07, 6.45) is 22.0. The first-order chi connectivity index (χ1) is 59.9. The van der Waals surface area contributed by atoms with E-state index in [4.69, 9.17) is 49.7 Å². The molecule has 16 atom stereocenters. The number of esters is 3. The van der Waals surface area contributed by atoms with Crippen molar-refractivity contribution in [2.24, 2.45) is 62.9 Å². The fourth-order valence-corrected chi connectivity index (χ4v) is 25.9. The van der Waals surface area contributed by atoms with Crippen molar-refractivity contribution in [1.82, 2.24) is 5.32 Å². The Bertz CT molecular complexity index is 5160. The van der Waals surface area contributed by atoms with Gasteiger partial charge in [0.2, 0.25) is 20.4 Å². The number of aliphatic hydroxyl groups is 2. The minimum Gasteiger partial charge on any atom is -0.481 e. The summed E-state index contributed by atoms with van der Waals surface area (Å²) >= 11 is 5.24. The van der Waals surface area contributed by atoms with Crippen molar-refractivity contribution in [3.63, 3.8) is 0 Å². The van der Waals surface area contributed by atoms with Crippen LogP contribution < -0.4 is 22.3 Å². The van der Waals surface area contributed by atoms with E-state index in [1.54, 1.807) is 12.5 Å². The monoisotopic (exact) mass is 1780 g/mol. The number of amides is 1. The Hall–Kier alpha value is -8.86. The van der Waals surface area contributed by atoms with Crippen LogP contribution in [0.4, 0.5) is 0 Å². The molecular formula is C102H115Cl3N2O17S. The van der Waals surface area contributed by atoms with E-state index in [-0.39, 0.29) is 139 Å². The van der Waals surface area contributed by atoms with Gasteiger partial charge >= 0.3 is 35.1 Å². The highest BCUT2D eigenvalue weighted by molar-refractivity contribution is 8.26. The van der Waals surface area contributed by atoms with Crippen molar-refractivity contribution in [2.75, 3.05) is 19.8 Å². The first kappa shape index (κ1) is 90.9. The molecule has 0 spiro atoms. The summed E-state index contributed by atoms with van der Waals surface area (Å²) in [5.74, 6) is 1.23. The van der Waals surface area contributed by atoms with Gasteiger partial charge in [-0.3, -0.25) is 28.8 Å². The molecule has 8 fully saturated rings. The molecule has 8 aromatic rings. The molecule has 6 N–H and O–H groups in total. The zero-order valence-electron chi connectivity index (χ0n) is 71.6. The van der Waals surface area contributed by atoms with E-state index in [1.807, 2.05) is 97.1 Å². The van der Waals surface area contributed by atoms with Gasteiger partial charge in [0, 0.05) is 87.0 Å². The molecule has 19 rings (SSSR count). The third kappa shape index (κ3) is 18.4. The van der Waals surface area contributed by atoms with Gasteiger partial charge in [-0.05, 0) is 275 Å². The number of nitrogens with two attached hydrogens (primary N) is 1. The molecule has 19 nitrogen and oxygen atoms in total. The maximum absolute atomic E-state index is 13.1. The van der Waals surface area contributed by atoms with Gasteiger partial charge < -0.3 is 49.4 Å². The van der Waals surface area contributed by atoms with Gasteiger partial charge in [-0.1, -0.05) is 173 Å². The van der Waals surface area contributed by atoms with Crippen LogP contribution >= 0.6 is 33.0 Å². The van der Waals surface area contributed by atoms with Crippen molar-refractivity contribution in [3.05, 3.63) is 248 Å². The standard InChI is InChI=1S/C42H49NO6.C24H35NO3.C18H15ClO3.C18H16O4.Cl2OS/c1-40-20-17-28(43-37(44)14-16-39(46)49-25-33-31-9-5-3-7-29(31)30-8-4-6-10-32(30)33)23-27(40)12-13-36-35(40)18-21-41(2)34(19-22-42(36,41)47)26-11-15-38(45)48-24-26;1-22-10-7-17(25)13-16(22)4-5-20-19(22)8-11-23(2)18(9-12-24(20,23)27)15-3-6-21(26)28-14-15;2*19-17(20)9-10-18(21)22-11-16-14-7-3-1-5-12(14)13-6-2-4-8-15(13)16;1-4(2)3/h3-11,15,24,27-28,33-36,47H,12-14,16-23,25H2,1-2H3,(H,43,44);3,6,14,16-20,27H,4-5,7-13,25H2,1-2H3;1-8,16H,9-11H2;1-8,16H,9-11H2,(H,19,20);/t27-,28-,34-,35+,36-,40+,41-,42+;16-,17-,18-,19+,20-,22+,23-,24+;;;/m11.../s1. The molecule has 125 heavy (non-hydrogen) atoms. The maximum Gasteiger partial charge on any atom is 0.335 e. The number of aliphatic carboxylic acids is 1. The number of carbonyl (C=O) groups is 6. The number of hydrogen-bond acceptors (Lipinski definition) is 17. The molecular weight excluding hydrogens is 1660 g/mol. The van der Waals surface area contributed by atoms with Crippen molar-refractivity contribution in [3.8, 4) is 33.4 Å². The fourth-order valence-electron chi connectivity index (χ4n) is 25.8. The van der Waals surface area contributed by atoms with Gasteiger partial charge in [0.1, 0.15) is 19.8 Å². The van der Waals surface area contributed by atoms with E-state index in [0.29, 0.717) is 35.1 Å². The SMILES string of the molecule is C[C@]12CC[C@@H](N)C[C@H]1CC[C@@H]1[C@@H]2CC[C@]2(C)[C@@H](c3ccc(=O)oc3)CC[C@]12O.C[C@]12CC[C@@H](NC(=O)CCC(=O)OCC3c4ccccc4-c4ccccc43)C[C@H]1CC[C@@H]1[C@@H]2CC[C@]2(C)[C@@H](c3ccc(=O)oc3)CC[C@]12O.O=C(Cl)CCC(=O)OCC1c2ccccc2-c2ccccc21.O=C(O)CCC(=O)OCC1c2ccccc2-c2ccccc21.O=S(Cl)Cl. The second-order valence-electron chi connectivity index (χ2n) is 37.9. The van der Waals surface area contributed by atoms with E-state index in [2.05, 4.69) is 115 Å². The number of fused-ring (bicyclic) bond motifs is 19. The number of carbonyl (C=O) groups excluding carboxylic acids is 5. The second-order valence-corrected chi connectivity index (χ2v) is 40.9. The summed E-state index contributed by atoms with van der Waals surface area (Å²) in [7, 11) is 7.36. The van der Waals surface area contributed by atoms with Crippen LogP contribution in [0.5, 0.6) is 0 Å². The van der Waals surface area contributed by atoms with Gasteiger partial charge in [0.05, 0.1) is 49.4 Å². The third-order valence-corrected chi connectivity index (χ3v) is 32.3. The first-order valence-corrected chi connectivity index (χ1v) is 48.0. The number of ether oxygens (including phenoxy) is 3. The smallest absolute Gasteiger partial charge is 0.335 e. The summed E-state index contributed by atoms with van der Waals surface area (Å²) in [5, 5.41) is 36.1. The molecule has 0 unspecified atom stereocenters. The van der Waals surface area contributed by atoms with Crippen LogP contribution in [-0.4, -0.2) is 97.7 Å². The van der Waals surface area contributed by atoms with Crippen LogP contribution in [0.1, 0.15) is 256 Å². The Balaban J connectivity index is 0.000000135. The number of carboxylic acid groups (broad SMARTS) is 1. The number of benzene rings is 6. The predicted octanol–water partition coefficient (Wildman–Crippen LogP) is 19.8. The lowest BCUT2D eigenvalue weighted by molar-refractivity contribution is -0.202. The highest BCUT2D eigenvalue weighted by Crippen LogP contribution is 2.73. The summed E-state index contributed by atoms with van der Waals surface area (Å²) in [6.45, 7) is 10.3. The molecule has 0 aliphatic heterocycles. The molecule has 2 aromatic heterocycles. The lowest BCUT2D eigenvalue weighted by atomic mass is 9.43. The Morgan fingerprint density at radius 3 is 1.13 bits per heavy atom. The highest BCUT2D eigenvalue weighted by Gasteiger charge is 2.69. The molecule has 0 bridgehead atoms. The number of rotatable bonds is 18. The minimum absolute atomic E-state index is 0.0121. The van der Waals surface area contributed by atoms with Crippen LogP contribution in [0.15, 0.2) is 201 Å². The van der Waals surface area contributed by atoms with E-state index < -0.39 is 43.6 Å². The molecule has 662 valence electrons. The summed E-state index contributed by atoms with van der Waals surface area (Å²) in [4.78, 5) is 93.4. The molecule has 11 aliphatic carbocycles. The first-order valence-electron chi connectivity index (χ1n) is 44.8. The lowest BCUT2D eigenvalue weighted by Crippen LogP contribution is -2.62. The van der Waals surface area contributed by atoms with Crippen molar-refractivity contribution in [1.29, 1.82) is 0 Å². The molecule has 1 amide bonds. The van der Waals surface area contributed by atoms with Gasteiger partial charge in [0.15, 0.2) is 0 Å². The topological polar surface area (TPSA) is 306 Å². The summed E-state index contributed by atoms with van der Waals surface area (Å²) < 4.78 is 35.9. The molecule has 2 heterocycles. The van der Waals surface area contributed by atoms with Crippen LogP contribution in [0, 0.1) is 57.2 Å². The molecule has 6 aromatic carbocycles. The van der Waals surface area contributed by atoms with Gasteiger partial charge in [0.25, 0.3) is 0 Å². The average molecular weight is 1780 g/mol. The van der Waals surface area contributed by atoms with E-state index in [1.165, 1.54) is 93.5 Å². The molecule has 0 radical (unpaired) electrons. The van der Waals surface area contributed by atoms with Crippen molar-refractivity contribution in [2.45, 2.75) is 235 Å². The largest absolute Gasteiger partial charge is 0.481 e. The zero-order valence-corrected chi connectivity index (χ0v) is 74.7. The van der Waals surface area contributed by atoms with Crippen LogP contribution in [-0.2, 0) is 52.2 Å². The van der Waals surface area contributed by atoms with Gasteiger partial charge in [-0.25, -0.2) is 13.8 Å². The Morgan fingerprint density at radius 1 is 0.432 bits per heavy atom. The normalized spacial score (nSPS) is 29.6. The highest BCUT2D eigenvalue weighted by atomic mass is 36.0. The third-order valence-electron chi connectivity index (χ3n) is 32.1. The van der Waals surface area contributed by atoms with E-state index in [0.717, 1.165) is 118 Å². The summed E-state index contributed by atoms with van der Waals surface area (Å²) in [5.41, 5.74) is 20.7. The number of hydrogen-bond donors (Lipinski definition) is 5. The number of carboxylic acids is 1. The van der Waals surface area contributed by atoms with Crippen LogP contribution in [0.25, 0.3) is 33.4 Å². The van der Waals surface area contributed by atoms with E-state index >= 15 is 0 Å². The molecule has 23 heteroatoms. The van der Waals surface area contributed by atoms with Gasteiger partial charge in [-0.15, -0.1) is 0 Å². The van der Waals surface area contributed by atoms with E-state index in [9.17, 15) is 48.6 Å². The number of halogens is 3.